The molecule has 0 unspecified atom stereocenters. The maximum Gasteiger partial charge on any atom is 0.469 e. The number of ketones is 2. The summed E-state index contributed by atoms with van der Waals surface area (Å²) in [7, 11) is -5.38. The fourth-order valence-electron chi connectivity index (χ4n) is 4.23. The summed E-state index contributed by atoms with van der Waals surface area (Å²) in [5.74, 6) is -5.23. The lowest BCUT2D eigenvalue weighted by molar-refractivity contribution is -0.397. The Morgan fingerprint density at radius 3 is 1.61 bits per heavy atom. The van der Waals surface area contributed by atoms with Crippen LogP contribution in [0, 0.1) is 10.8 Å². The van der Waals surface area contributed by atoms with Crippen molar-refractivity contribution >= 4 is 31.3 Å². The number of carbonyl (C=O) groups is 4. The SMILES string of the molecule is CC(C)(C)C(=O)CON(OCC(=O)C(C)(C)C)[C@@](COP(=O)(O)O)(C(=O)O)C(=O)OCC1c2ccccc2-c2ccccc21. The second kappa shape index (κ2) is 13.4. The zero-order valence-electron chi connectivity index (χ0n) is 25.4. The van der Waals surface area contributed by atoms with Gasteiger partial charge in [-0.05, 0) is 27.5 Å². The van der Waals surface area contributed by atoms with Crippen molar-refractivity contribution in [2.24, 2.45) is 10.8 Å². The standard InChI is InChI=1S/C30H38NO12P/c1-28(2,3)24(32)16-41-31(42-17-25(33)29(4,5)6)30(26(34)35,18-43-44(37,38)39)27(36)40-15-23-21-13-9-7-11-19(21)20-12-8-10-14-22(20)23/h7-14,23H,15-18H2,1-6H3,(H,34,35)(H2,37,38,39)/t30-/m0/s1. The van der Waals surface area contributed by atoms with Crippen LogP contribution in [0.25, 0.3) is 11.1 Å². The van der Waals surface area contributed by atoms with Crippen molar-refractivity contribution in [2.45, 2.75) is 53.0 Å². The maximum absolute atomic E-state index is 13.8. The number of fused-ring (bicyclic) bond motifs is 3. The molecule has 0 aromatic heterocycles. The molecule has 0 fully saturated rings. The zero-order valence-corrected chi connectivity index (χ0v) is 26.3. The van der Waals surface area contributed by atoms with E-state index < -0.39 is 73.4 Å². The highest BCUT2D eigenvalue weighted by Gasteiger charge is 2.58. The van der Waals surface area contributed by atoms with E-state index in [1.54, 1.807) is 53.7 Å². The first-order chi connectivity index (χ1) is 20.3. The molecule has 1 atom stereocenters. The molecule has 0 saturated carbocycles. The molecule has 3 N–H and O–H groups in total. The summed E-state index contributed by atoms with van der Waals surface area (Å²) >= 11 is 0. The summed E-state index contributed by atoms with van der Waals surface area (Å²) in [6.07, 6.45) is 0. The molecule has 44 heavy (non-hydrogen) atoms. The highest BCUT2D eigenvalue weighted by atomic mass is 31.2. The number of phosphoric ester groups is 1. The topological polar surface area (TPSA) is 186 Å². The average Bonchev–Trinajstić information content (AvgIpc) is 3.24. The lowest BCUT2D eigenvalue weighted by atomic mass is 9.91. The summed E-state index contributed by atoms with van der Waals surface area (Å²) in [6, 6.07) is 14.8. The molecule has 3 rings (SSSR count). The van der Waals surface area contributed by atoms with Gasteiger partial charge in [0.05, 0.1) is 0 Å². The van der Waals surface area contributed by atoms with Gasteiger partial charge in [0, 0.05) is 16.7 Å². The van der Waals surface area contributed by atoms with E-state index in [0.717, 1.165) is 22.3 Å². The number of rotatable bonds is 14. The van der Waals surface area contributed by atoms with Crippen LogP contribution < -0.4 is 0 Å². The second-order valence-electron chi connectivity index (χ2n) is 12.4. The fourth-order valence-corrected chi connectivity index (χ4v) is 4.59. The van der Waals surface area contributed by atoms with Crippen LogP contribution in [0.15, 0.2) is 48.5 Å². The van der Waals surface area contributed by atoms with Crippen LogP contribution in [0.1, 0.15) is 58.6 Å². The van der Waals surface area contributed by atoms with E-state index in [0.29, 0.717) is 0 Å². The Balaban J connectivity index is 2.03. The van der Waals surface area contributed by atoms with Crippen LogP contribution >= 0.6 is 7.82 Å². The van der Waals surface area contributed by atoms with Crippen LogP contribution in [-0.4, -0.2) is 75.6 Å². The minimum absolute atomic E-state index is 0.0666. The smallest absolute Gasteiger partial charge is 0.469 e. The number of hydrogen-bond acceptors (Lipinski definition) is 10. The first-order valence-electron chi connectivity index (χ1n) is 13.7. The number of ether oxygens (including phenoxy) is 1. The van der Waals surface area contributed by atoms with Gasteiger partial charge in [0.2, 0.25) is 0 Å². The van der Waals surface area contributed by atoms with Crippen LogP contribution in [0.4, 0.5) is 0 Å². The first-order valence-corrected chi connectivity index (χ1v) is 15.2. The first kappa shape index (κ1) is 35.2. The van der Waals surface area contributed by atoms with Gasteiger partial charge in [-0.3, -0.25) is 23.8 Å². The molecule has 0 radical (unpaired) electrons. The summed E-state index contributed by atoms with van der Waals surface area (Å²) in [6.45, 7) is 5.85. The molecule has 0 aliphatic heterocycles. The van der Waals surface area contributed by atoms with Gasteiger partial charge in [-0.25, -0.2) is 14.2 Å². The molecule has 1 aliphatic carbocycles. The van der Waals surface area contributed by atoms with Crippen LogP contribution in [-0.2, 0) is 42.7 Å². The predicted molar refractivity (Wildman–Crippen MR) is 156 cm³/mol. The van der Waals surface area contributed by atoms with E-state index in [-0.39, 0.29) is 11.8 Å². The van der Waals surface area contributed by atoms with Crippen molar-refractivity contribution in [2.75, 3.05) is 26.4 Å². The van der Waals surface area contributed by atoms with Crippen molar-refractivity contribution < 1.29 is 57.6 Å². The van der Waals surface area contributed by atoms with E-state index >= 15 is 0 Å². The summed E-state index contributed by atoms with van der Waals surface area (Å²) in [5, 5.41) is 10.5. The molecule has 0 heterocycles. The average molecular weight is 636 g/mol. The number of carboxylic acids is 1. The van der Waals surface area contributed by atoms with E-state index in [9.17, 15) is 38.6 Å². The van der Waals surface area contributed by atoms with Gasteiger partial charge in [-0.2, -0.15) is 0 Å². The summed E-state index contributed by atoms with van der Waals surface area (Å²) in [5.41, 5.74) is -1.75. The number of benzene rings is 2. The number of nitrogens with zero attached hydrogens (tertiary/aromatic N) is 1. The number of hydrogen-bond donors (Lipinski definition) is 3. The monoisotopic (exact) mass is 635 g/mol. The molecule has 14 heteroatoms. The minimum atomic E-state index is -5.38. The third-order valence-electron chi connectivity index (χ3n) is 7.09. The number of esters is 1. The lowest BCUT2D eigenvalue weighted by Gasteiger charge is -2.36. The quantitative estimate of drug-likeness (QED) is 0.118. The fraction of sp³-hybridized carbons (Fsp3) is 0.467. The molecular weight excluding hydrogens is 597 g/mol. The Bertz CT molecular complexity index is 1380. The van der Waals surface area contributed by atoms with Crippen molar-refractivity contribution in [3.05, 3.63) is 59.7 Å². The Morgan fingerprint density at radius 1 is 0.795 bits per heavy atom. The van der Waals surface area contributed by atoms with Gasteiger partial charge in [-0.15, -0.1) is 0 Å². The van der Waals surface area contributed by atoms with Gasteiger partial charge in [0.25, 0.3) is 5.54 Å². The van der Waals surface area contributed by atoms with Gasteiger partial charge in [0.15, 0.2) is 11.6 Å². The summed E-state index contributed by atoms with van der Waals surface area (Å²) in [4.78, 5) is 81.7. The number of carbonyl (C=O) groups excluding carboxylic acids is 3. The van der Waals surface area contributed by atoms with E-state index in [2.05, 4.69) is 4.52 Å². The highest BCUT2D eigenvalue weighted by molar-refractivity contribution is 7.46. The van der Waals surface area contributed by atoms with Crippen LogP contribution in [0.2, 0.25) is 0 Å². The lowest BCUT2D eigenvalue weighted by Crippen LogP contribution is -2.64. The van der Waals surface area contributed by atoms with Crippen molar-refractivity contribution in [1.82, 2.24) is 5.23 Å². The molecule has 0 saturated heterocycles. The van der Waals surface area contributed by atoms with E-state index in [4.69, 9.17) is 14.4 Å². The minimum Gasteiger partial charge on any atom is -0.479 e. The molecule has 13 nitrogen and oxygen atoms in total. The van der Waals surface area contributed by atoms with Gasteiger partial charge < -0.3 is 19.6 Å². The van der Waals surface area contributed by atoms with Crippen LogP contribution in [0.5, 0.6) is 0 Å². The molecular formula is C30H38NO12P. The molecule has 0 amide bonds. The van der Waals surface area contributed by atoms with E-state index in [1.165, 1.54) is 0 Å². The van der Waals surface area contributed by atoms with Crippen LogP contribution in [0.3, 0.4) is 0 Å². The third kappa shape index (κ3) is 8.05. The normalized spacial score (nSPS) is 14.9. The van der Waals surface area contributed by atoms with Gasteiger partial charge in [0.1, 0.15) is 26.4 Å². The number of aliphatic carboxylic acids is 1. The molecule has 1 aliphatic rings. The maximum atomic E-state index is 13.8. The Labute approximate surface area is 255 Å². The van der Waals surface area contributed by atoms with E-state index in [1.807, 2.05) is 36.4 Å². The van der Waals surface area contributed by atoms with Gasteiger partial charge in [-0.1, -0.05) is 90.1 Å². The Kier molecular flexibility index (Phi) is 10.7. The molecule has 240 valence electrons. The molecule has 0 spiro atoms. The number of hydroxylamine groups is 2. The number of Topliss-reactive ketones (excluding diaryl/α,β-unsaturated/α-hetero) is 2. The van der Waals surface area contributed by atoms with Gasteiger partial charge >= 0.3 is 19.8 Å². The predicted octanol–water partition coefficient (Wildman–Crippen LogP) is 3.67. The molecule has 2 aromatic carbocycles. The largest absolute Gasteiger partial charge is 0.479 e. The zero-order chi connectivity index (χ0) is 33.1. The molecule has 2 aromatic rings. The van der Waals surface area contributed by atoms with Crippen molar-refractivity contribution in [3.8, 4) is 11.1 Å². The third-order valence-corrected chi connectivity index (χ3v) is 7.55. The van der Waals surface area contributed by atoms with Crippen molar-refractivity contribution in [1.29, 1.82) is 0 Å². The molecule has 0 bridgehead atoms. The number of carboxylic acid groups (broad SMARTS) is 1. The number of phosphoric acid groups is 1. The highest BCUT2D eigenvalue weighted by Crippen LogP contribution is 2.45. The Hall–Kier alpha value is -3.29. The van der Waals surface area contributed by atoms with Crippen molar-refractivity contribution in [3.63, 3.8) is 0 Å². The summed E-state index contributed by atoms with van der Waals surface area (Å²) < 4.78 is 21.7. The second-order valence-corrected chi connectivity index (χ2v) is 13.6. The Morgan fingerprint density at radius 2 is 1.23 bits per heavy atom.